The molecule has 1 unspecified atom stereocenters. The monoisotopic (exact) mass is 258 g/mol. The first-order chi connectivity index (χ1) is 7.66. The standard InChI is InChI=1S/C11H12Cl2N2O/c12-8-2-1-3-9(13)11(8)14-6-7-4-5-10(16)15-7/h1-3,7,14H,4-6H2,(H,15,16). The summed E-state index contributed by atoms with van der Waals surface area (Å²) in [6, 6.07) is 5.53. The molecule has 3 nitrogen and oxygen atoms in total. The van der Waals surface area contributed by atoms with Crippen LogP contribution in [0.1, 0.15) is 12.8 Å². The lowest BCUT2D eigenvalue weighted by Gasteiger charge is -2.14. The molecule has 1 heterocycles. The van der Waals surface area contributed by atoms with Crippen LogP contribution in [0.3, 0.4) is 0 Å². The third kappa shape index (κ3) is 2.60. The Bertz CT molecular complexity index is 389. The number of hydrogen-bond donors (Lipinski definition) is 2. The van der Waals surface area contributed by atoms with Crippen molar-refractivity contribution in [3.8, 4) is 0 Å². The topological polar surface area (TPSA) is 41.1 Å². The molecule has 0 spiro atoms. The minimum Gasteiger partial charge on any atom is -0.381 e. The third-order valence-corrected chi connectivity index (χ3v) is 3.20. The van der Waals surface area contributed by atoms with Gasteiger partial charge in [-0.15, -0.1) is 0 Å². The highest BCUT2D eigenvalue weighted by Gasteiger charge is 2.20. The van der Waals surface area contributed by atoms with Crippen molar-refractivity contribution >= 4 is 34.8 Å². The Hall–Kier alpha value is -0.930. The highest BCUT2D eigenvalue weighted by atomic mass is 35.5. The summed E-state index contributed by atoms with van der Waals surface area (Å²) < 4.78 is 0. The molecule has 1 amide bonds. The largest absolute Gasteiger partial charge is 0.381 e. The lowest BCUT2D eigenvalue weighted by Crippen LogP contribution is -2.31. The lowest BCUT2D eigenvalue weighted by molar-refractivity contribution is -0.119. The van der Waals surface area contributed by atoms with E-state index in [1.165, 1.54) is 0 Å². The van der Waals surface area contributed by atoms with Gasteiger partial charge in [-0.1, -0.05) is 29.3 Å². The Balaban J connectivity index is 1.97. The van der Waals surface area contributed by atoms with Crippen LogP contribution >= 0.6 is 23.2 Å². The highest BCUT2D eigenvalue weighted by Crippen LogP contribution is 2.29. The molecule has 1 aromatic rings. The van der Waals surface area contributed by atoms with Crippen molar-refractivity contribution in [1.82, 2.24) is 5.32 Å². The Morgan fingerprint density at radius 1 is 1.38 bits per heavy atom. The molecular formula is C11H12Cl2N2O. The van der Waals surface area contributed by atoms with Crippen molar-refractivity contribution in [2.24, 2.45) is 0 Å². The Morgan fingerprint density at radius 2 is 2.06 bits per heavy atom. The molecule has 2 N–H and O–H groups in total. The fraction of sp³-hybridized carbons (Fsp3) is 0.364. The number of para-hydroxylation sites is 1. The van der Waals surface area contributed by atoms with E-state index in [9.17, 15) is 4.79 Å². The van der Waals surface area contributed by atoms with Crippen LogP contribution in [0.4, 0.5) is 5.69 Å². The molecule has 0 bridgehead atoms. The molecular weight excluding hydrogens is 247 g/mol. The van der Waals surface area contributed by atoms with E-state index in [1.807, 2.05) is 0 Å². The van der Waals surface area contributed by atoms with Crippen LogP contribution < -0.4 is 10.6 Å². The first kappa shape index (κ1) is 11.6. The maximum absolute atomic E-state index is 11.0. The minimum atomic E-state index is 0.108. The van der Waals surface area contributed by atoms with Gasteiger partial charge in [-0.05, 0) is 18.6 Å². The Labute approximate surface area is 104 Å². The quantitative estimate of drug-likeness (QED) is 0.876. The number of anilines is 1. The molecule has 1 atom stereocenters. The van der Waals surface area contributed by atoms with Gasteiger partial charge in [0.2, 0.25) is 5.91 Å². The first-order valence-electron chi connectivity index (χ1n) is 5.14. The van der Waals surface area contributed by atoms with Crippen molar-refractivity contribution in [2.45, 2.75) is 18.9 Å². The van der Waals surface area contributed by atoms with Gasteiger partial charge in [0.05, 0.1) is 15.7 Å². The van der Waals surface area contributed by atoms with Crippen LogP contribution in [-0.2, 0) is 4.79 Å². The molecule has 16 heavy (non-hydrogen) atoms. The molecule has 2 rings (SSSR count). The van der Waals surface area contributed by atoms with E-state index >= 15 is 0 Å². The number of benzene rings is 1. The predicted molar refractivity (Wildman–Crippen MR) is 66.1 cm³/mol. The molecule has 5 heteroatoms. The third-order valence-electron chi connectivity index (χ3n) is 2.57. The van der Waals surface area contributed by atoms with Gasteiger partial charge in [-0.2, -0.15) is 0 Å². The summed E-state index contributed by atoms with van der Waals surface area (Å²) in [6.45, 7) is 0.648. The molecule has 1 fully saturated rings. The second-order valence-corrected chi connectivity index (χ2v) is 4.60. The van der Waals surface area contributed by atoms with Gasteiger partial charge >= 0.3 is 0 Å². The molecule has 1 aromatic carbocycles. The van der Waals surface area contributed by atoms with Crippen LogP contribution in [-0.4, -0.2) is 18.5 Å². The van der Waals surface area contributed by atoms with E-state index < -0.39 is 0 Å². The van der Waals surface area contributed by atoms with E-state index in [-0.39, 0.29) is 11.9 Å². The molecule has 0 aromatic heterocycles. The molecule has 1 aliphatic rings. The van der Waals surface area contributed by atoms with Gasteiger partial charge in [0.25, 0.3) is 0 Å². The molecule has 1 aliphatic heterocycles. The van der Waals surface area contributed by atoms with Gasteiger partial charge in [0.1, 0.15) is 0 Å². The molecule has 1 saturated heterocycles. The fourth-order valence-electron chi connectivity index (χ4n) is 1.72. The van der Waals surface area contributed by atoms with Crippen LogP contribution in [0, 0.1) is 0 Å². The van der Waals surface area contributed by atoms with Crippen LogP contribution in [0.15, 0.2) is 18.2 Å². The van der Waals surface area contributed by atoms with E-state index in [0.717, 1.165) is 12.1 Å². The van der Waals surface area contributed by atoms with E-state index in [2.05, 4.69) is 10.6 Å². The highest BCUT2D eigenvalue weighted by molar-refractivity contribution is 6.39. The lowest BCUT2D eigenvalue weighted by atomic mass is 10.2. The first-order valence-corrected chi connectivity index (χ1v) is 5.89. The van der Waals surface area contributed by atoms with E-state index in [0.29, 0.717) is 23.0 Å². The number of halogens is 2. The Morgan fingerprint density at radius 3 is 2.62 bits per heavy atom. The fourth-order valence-corrected chi connectivity index (χ4v) is 2.25. The number of hydrogen-bond acceptors (Lipinski definition) is 2. The van der Waals surface area contributed by atoms with Crippen molar-refractivity contribution in [1.29, 1.82) is 0 Å². The normalized spacial score (nSPS) is 19.6. The smallest absolute Gasteiger partial charge is 0.220 e. The SMILES string of the molecule is O=C1CCC(CNc2c(Cl)cccc2Cl)N1. The Kier molecular flexibility index (Phi) is 3.56. The van der Waals surface area contributed by atoms with Crippen molar-refractivity contribution in [2.75, 3.05) is 11.9 Å². The zero-order valence-corrected chi connectivity index (χ0v) is 10.1. The number of carbonyl (C=O) groups excluding carboxylic acids is 1. The summed E-state index contributed by atoms with van der Waals surface area (Å²) in [4.78, 5) is 11.0. The van der Waals surface area contributed by atoms with Gasteiger partial charge < -0.3 is 10.6 Å². The van der Waals surface area contributed by atoms with Crippen molar-refractivity contribution in [3.05, 3.63) is 28.2 Å². The van der Waals surface area contributed by atoms with E-state index in [4.69, 9.17) is 23.2 Å². The van der Waals surface area contributed by atoms with Gasteiger partial charge in [-0.3, -0.25) is 4.79 Å². The average molecular weight is 259 g/mol. The van der Waals surface area contributed by atoms with Gasteiger partial charge in [-0.25, -0.2) is 0 Å². The summed E-state index contributed by atoms with van der Waals surface area (Å²) in [5, 5.41) is 7.23. The molecule has 86 valence electrons. The summed E-state index contributed by atoms with van der Waals surface area (Å²) >= 11 is 12.0. The average Bonchev–Trinajstić information content (AvgIpc) is 2.63. The zero-order chi connectivity index (χ0) is 11.5. The van der Waals surface area contributed by atoms with Crippen LogP contribution in [0.25, 0.3) is 0 Å². The second-order valence-electron chi connectivity index (χ2n) is 3.78. The van der Waals surface area contributed by atoms with E-state index in [1.54, 1.807) is 18.2 Å². The van der Waals surface area contributed by atoms with Gasteiger partial charge in [0, 0.05) is 19.0 Å². The maximum atomic E-state index is 11.0. The van der Waals surface area contributed by atoms with Crippen LogP contribution in [0.2, 0.25) is 10.0 Å². The maximum Gasteiger partial charge on any atom is 0.220 e. The molecule has 0 saturated carbocycles. The van der Waals surface area contributed by atoms with Gasteiger partial charge in [0.15, 0.2) is 0 Å². The van der Waals surface area contributed by atoms with Crippen molar-refractivity contribution in [3.63, 3.8) is 0 Å². The number of amides is 1. The number of carbonyl (C=O) groups is 1. The predicted octanol–water partition coefficient (Wildman–Crippen LogP) is 2.68. The number of nitrogens with one attached hydrogen (secondary N) is 2. The van der Waals surface area contributed by atoms with Crippen molar-refractivity contribution < 1.29 is 4.79 Å². The second kappa shape index (κ2) is 4.93. The summed E-state index contributed by atoms with van der Waals surface area (Å²) in [5.41, 5.74) is 0.729. The minimum absolute atomic E-state index is 0.108. The van der Waals surface area contributed by atoms with Crippen LogP contribution in [0.5, 0.6) is 0 Å². The summed E-state index contributed by atoms with van der Waals surface area (Å²) in [7, 11) is 0. The zero-order valence-electron chi connectivity index (χ0n) is 8.59. The molecule has 0 aliphatic carbocycles. The summed E-state index contributed by atoms with van der Waals surface area (Å²) in [6.07, 6.45) is 1.45. The summed E-state index contributed by atoms with van der Waals surface area (Å²) in [5.74, 6) is 0.108. The number of rotatable bonds is 3. The molecule has 0 radical (unpaired) electrons.